The van der Waals surface area contributed by atoms with E-state index in [0.29, 0.717) is 0 Å². The quantitative estimate of drug-likeness (QED) is 0.474. The Hall–Kier alpha value is 0.394. The summed E-state index contributed by atoms with van der Waals surface area (Å²) in [6, 6.07) is 0. The van der Waals surface area contributed by atoms with E-state index in [1.54, 1.807) is 0 Å². The van der Waals surface area contributed by atoms with Crippen LogP contribution in [0.15, 0.2) is 0 Å². The van der Waals surface area contributed by atoms with E-state index in [-0.39, 0.29) is 0 Å². The van der Waals surface area contributed by atoms with Gasteiger partial charge in [0.1, 0.15) is 0 Å². The van der Waals surface area contributed by atoms with Crippen molar-refractivity contribution in [3.05, 3.63) is 0 Å². The van der Waals surface area contributed by atoms with E-state index >= 15 is 0 Å². The van der Waals surface area contributed by atoms with Crippen molar-refractivity contribution in [2.45, 2.75) is 103 Å². The van der Waals surface area contributed by atoms with E-state index in [2.05, 4.69) is 55.4 Å². The maximum absolute atomic E-state index is 6.94. The minimum absolute atomic E-state index is 0.832. The van der Waals surface area contributed by atoms with Crippen molar-refractivity contribution in [2.75, 3.05) is 0 Å². The third kappa shape index (κ3) is 6.13. The minimum Gasteiger partial charge on any atom is -0.459 e. The Morgan fingerprint density at radius 2 is 0.789 bits per heavy atom. The molecule has 0 aliphatic carbocycles. The van der Waals surface area contributed by atoms with Gasteiger partial charge >= 0.3 is 0 Å². The monoisotopic (exact) mass is 302 g/mol. The largest absolute Gasteiger partial charge is 0.459 e. The Labute approximate surface area is 126 Å². The molecular weight excluding hydrogens is 264 g/mol. The predicted octanol–water partition coefficient (Wildman–Crippen LogP) is 5.65. The highest BCUT2D eigenvalue weighted by molar-refractivity contribution is 6.69. The summed E-state index contributed by atoms with van der Waals surface area (Å²) in [4.78, 5) is 0. The fourth-order valence-corrected chi connectivity index (χ4v) is 12.6. The van der Waals surface area contributed by atoms with Gasteiger partial charge in [-0.15, -0.1) is 0 Å². The van der Waals surface area contributed by atoms with E-state index in [9.17, 15) is 0 Å². The van der Waals surface area contributed by atoms with Gasteiger partial charge in [-0.2, -0.15) is 0 Å². The second-order valence-corrected chi connectivity index (χ2v) is 14.1. The molecule has 0 spiro atoms. The first-order chi connectivity index (χ1) is 8.92. The lowest BCUT2D eigenvalue weighted by atomic mass is 10.4. The van der Waals surface area contributed by atoms with Gasteiger partial charge in [0.2, 0.25) is 0 Å². The molecule has 0 amide bonds. The molecule has 0 fully saturated rings. The fraction of sp³-hybridized carbons (Fsp3) is 1.00. The lowest BCUT2D eigenvalue weighted by molar-refractivity contribution is 0.490. The van der Waals surface area contributed by atoms with Crippen molar-refractivity contribution < 1.29 is 4.12 Å². The SMILES string of the molecule is CCC(C)[SiH](O[SiH](C(C)CC)C(C)CC)C(C)CC. The molecule has 1 nitrogen and oxygen atoms in total. The summed E-state index contributed by atoms with van der Waals surface area (Å²) in [5, 5.41) is 0. The highest BCUT2D eigenvalue weighted by Crippen LogP contribution is 2.34. The van der Waals surface area contributed by atoms with Crippen molar-refractivity contribution in [2.24, 2.45) is 0 Å². The Morgan fingerprint density at radius 1 is 0.579 bits per heavy atom. The van der Waals surface area contributed by atoms with Crippen LogP contribution in [-0.2, 0) is 4.12 Å². The van der Waals surface area contributed by atoms with Gasteiger partial charge in [0.25, 0.3) is 0 Å². The zero-order valence-corrected chi connectivity index (χ0v) is 17.0. The molecule has 0 saturated carbocycles. The molecule has 4 unspecified atom stereocenters. The molecule has 0 aromatic heterocycles. The third-order valence-electron chi connectivity index (χ3n) is 5.13. The summed E-state index contributed by atoms with van der Waals surface area (Å²) < 4.78 is 6.94. The molecule has 4 atom stereocenters. The van der Waals surface area contributed by atoms with Gasteiger partial charge in [0.15, 0.2) is 18.1 Å². The number of rotatable bonds is 10. The fourth-order valence-electron chi connectivity index (χ4n) is 2.77. The van der Waals surface area contributed by atoms with Crippen LogP contribution in [-0.4, -0.2) is 18.1 Å². The Morgan fingerprint density at radius 3 is 0.947 bits per heavy atom. The summed E-state index contributed by atoms with van der Waals surface area (Å²) in [5.41, 5.74) is 3.33. The van der Waals surface area contributed by atoms with Gasteiger partial charge in [0, 0.05) is 0 Å². The van der Waals surface area contributed by atoms with E-state index in [4.69, 9.17) is 4.12 Å². The first-order valence-corrected chi connectivity index (χ1v) is 12.2. The van der Waals surface area contributed by atoms with Gasteiger partial charge in [0.05, 0.1) is 0 Å². The second-order valence-electron chi connectivity index (χ2n) is 6.61. The van der Waals surface area contributed by atoms with Crippen molar-refractivity contribution >= 4 is 18.1 Å². The molecule has 0 saturated heterocycles. The van der Waals surface area contributed by atoms with E-state index in [1.165, 1.54) is 25.7 Å². The molecule has 0 aromatic rings. The maximum atomic E-state index is 6.94. The molecule has 0 aliphatic heterocycles. The molecule has 0 aromatic carbocycles. The first kappa shape index (κ1) is 19.4. The highest BCUT2D eigenvalue weighted by Gasteiger charge is 2.32. The predicted molar refractivity (Wildman–Crippen MR) is 94.2 cm³/mol. The summed E-state index contributed by atoms with van der Waals surface area (Å²) in [6.45, 7) is 19.1. The van der Waals surface area contributed by atoms with E-state index in [1.807, 2.05) is 0 Å². The molecule has 19 heavy (non-hydrogen) atoms. The van der Waals surface area contributed by atoms with Crippen LogP contribution in [0.1, 0.15) is 81.1 Å². The number of hydrogen-bond acceptors (Lipinski definition) is 1. The van der Waals surface area contributed by atoms with Crippen molar-refractivity contribution in [3.63, 3.8) is 0 Å². The van der Waals surface area contributed by atoms with E-state index < -0.39 is 18.1 Å². The zero-order chi connectivity index (χ0) is 15.0. The molecule has 0 rings (SSSR count). The van der Waals surface area contributed by atoms with Gasteiger partial charge < -0.3 is 4.12 Å². The van der Waals surface area contributed by atoms with Crippen LogP contribution in [0.25, 0.3) is 0 Å². The van der Waals surface area contributed by atoms with E-state index in [0.717, 1.165) is 22.2 Å². The first-order valence-electron chi connectivity index (χ1n) is 8.58. The standard InChI is InChI=1S/C16H38OSi2/c1-9-13(5)18(14(6)10-2)17-19(15(7)11-3)16(8)12-4/h13-16,18-19H,9-12H2,1-8H3. The summed E-state index contributed by atoms with van der Waals surface area (Å²) >= 11 is 0. The molecule has 0 N–H and O–H groups in total. The topological polar surface area (TPSA) is 9.23 Å². The normalized spacial score (nSPS) is 21.5. The molecule has 3 heteroatoms. The summed E-state index contributed by atoms with van der Waals surface area (Å²) in [7, 11) is -2.12. The van der Waals surface area contributed by atoms with Crippen LogP contribution in [0, 0.1) is 0 Å². The molecular formula is C16H38OSi2. The van der Waals surface area contributed by atoms with Crippen LogP contribution in [0.4, 0.5) is 0 Å². The highest BCUT2D eigenvalue weighted by atomic mass is 28.4. The van der Waals surface area contributed by atoms with Crippen LogP contribution in [0.3, 0.4) is 0 Å². The van der Waals surface area contributed by atoms with Gasteiger partial charge in [-0.3, -0.25) is 0 Å². The van der Waals surface area contributed by atoms with Crippen LogP contribution >= 0.6 is 0 Å². The lowest BCUT2D eigenvalue weighted by Gasteiger charge is -2.36. The molecule has 0 aliphatic rings. The maximum Gasteiger partial charge on any atom is 0.168 e. The van der Waals surface area contributed by atoms with Crippen molar-refractivity contribution in [1.29, 1.82) is 0 Å². The van der Waals surface area contributed by atoms with Crippen molar-refractivity contribution in [3.8, 4) is 0 Å². The van der Waals surface area contributed by atoms with Crippen LogP contribution in [0.2, 0.25) is 22.2 Å². The average molecular weight is 303 g/mol. The third-order valence-corrected chi connectivity index (χ3v) is 14.0. The van der Waals surface area contributed by atoms with Gasteiger partial charge in [-0.05, 0) is 22.2 Å². The lowest BCUT2D eigenvalue weighted by Crippen LogP contribution is -2.39. The second kappa shape index (κ2) is 10.2. The number of hydrogen-bond donors (Lipinski definition) is 0. The Balaban J connectivity index is 4.91. The van der Waals surface area contributed by atoms with Crippen molar-refractivity contribution in [1.82, 2.24) is 0 Å². The Kier molecular flexibility index (Phi) is 10.4. The molecule has 116 valence electrons. The minimum atomic E-state index is -1.06. The summed E-state index contributed by atoms with van der Waals surface area (Å²) in [6.07, 6.45) is 5.18. The Bertz CT molecular complexity index is 181. The molecule has 0 bridgehead atoms. The average Bonchev–Trinajstić information content (AvgIpc) is 2.45. The molecule has 0 radical (unpaired) electrons. The van der Waals surface area contributed by atoms with Crippen LogP contribution in [0.5, 0.6) is 0 Å². The van der Waals surface area contributed by atoms with Gasteiger partial charge in [-0.25, -0.2) is 0 Å². The zero-order valence-electron chi connectivity index (χ0n) is 14.7. The van der Waals surface area contributed by atoms with Gasteiger partial charge in [-0.1, -0.05) is 81.1 Å². The molecule has 0 heterocycles. The summed E-state index contributed by atoms with van der Waals surface area (Å²) in [5.74, 6) is 0. The smallest absolute Gasteiger partial charge is 0.168 e. The van der Waals surface area contributed by atoms with Crippen LogP contribution < -0.4 is 0 Å².